The average molecular weight is 343 g/mol. The molecule has 0 saturated heterocycles. The number of urea groups is 1. The molecule has 23 heavy (non-hydrogen) atoms. The predicted octanol–water partition coefficient (Wildman–Crippen LogP) is 1.31. The van der Waals surface area contributed by atoms with Crippen LogP contribution in [0.15, 0.2) is 29.2 Å². The van der Waals surface area contributed by atoms with Crippen LogP contribution in [0.1, 0.15) is 20.3 Å². The molecule has 0 heterocycles. The lowest BCUT2D eigenvalue weighted by molar-refractivity contribution is -0.136. The Morgan fingerprint density at radius 2 is 1.78 bits per heavy atom. The largest absolute Gasteiger partial charge is 0.481 e. The zero-order valence-electron chi connectivity index (χ0n) is 13.2. The van der Waals surface area contributed by atoms with Crippen molar-refractivity contribution in [2.45, 2.75) is 31.2 Å². The number of carbonyl (C=O) groups excluding carboxylic acids is 1. The molecule has 1 aromatic carbocycles. The maximum atomic E-state index is 12.3. The predicted molar refractivity (Wildman–Crippen MR) is 85.8 cm³/mol. The number of sulfonamides is 1. The molecule has 0 spiro atoms. The summed E-state index contributed by atoms with van der Waals surface area (Å²) >= 11 is 0. The van der Waals surface area contributed by atoms with Crippen molar-refractivity contribution in [3.05, 3.63) is 24.3 Å². The van der Waals surface area contributed by atoms with E-state index in [0.717, 1.165) is 0 Å². The summed E-state index contributed by atoms with van der Waals surface area (Å²) in [6.45, 7) is 3.55. The highest BCUT2D eigenvalue weighted by Crippen LogP contribution is 2.18. The molecule has 128 valence electrons. The molecule has 9 heteroatoms. The first-order valence-electron chi connectivity index (χ1n) is 6.99. The Morgan fingerprint density at radius 3 is 2.26 bits per heavy atom. The van der Waals surface area contributed by atoms with Gasteiger partial charge in [0, 0.05) is 25.3 Å². The summed E-state index contributed by atoms with van der Waals surface area (Å²) in [7, 11) is -2.07. The van der Waals surface area contributed by atoms with Gasteiger partial charge in [-0.25, -0.2) is 13.2 Å². The van der Waals surface area contributed by atoms with Crippen molar-refractivity contribution in [3.63, 3.8) is 0 Å². The zero-order valence-corrected chi connectivity index (χ0v) is 14.1. The van der Waals surface area contributed by atoms with Crippen LogP contribution in [-0.4, -0.2) is 49.5 Å². The quantitative estimate of drug-likeness (QED) is 0.690. The number of benzene rings is 1. The fourth-order valence-electron chi connectivity index (χ4n) is 1.61. The second kappa shape index (κ2) is 7.93. The van der Waals surface area contributed by atoms with Crippen molar-refractivity contribution >= 4 is 27.7 Å². The topological polar surface area (TPSA) is 116 Å². The smallest absolute Gasteiger partial charge is 0.319 e. The molecule has 1 aromatic rings. The number of aliphatic carboxylic acids is 1. The van der Waals surface area contributed by atoms with Crippen molar-refractivity contribution in [2.24, 2.45) is 0 Å². The van der Waals surface area contributed by atoms with Crippen LogP contribution in [0.4, 0.5) is 10.5 Å². The Morgan fingerprint density at radius 1 is 1.22 bits per heavy atom. The molecule has 0 aliphatic carbocycles. The molecule has 0 bridgehead atoms. The van der Waals surface area contributed by atoms with Crippen LogP contribution < -0.4 is 10.6 Å². The van der Waals surface area contributed by atoms with Gasteiger partial charge in [-0.2, -0.15) is 4.31 Å². The van der Waals surface area contributed by atoms with E-state index in [1.165, 1.54) is 35.6 Å². The monoisotopic (exact) mass is 343 g/mol. The lowest BCUT2D eigenvalue weighted by Gasteiger charge is -2.21. The number of hydrogen-bond donors (Lipinski definition) is 3. The van der Waals surface area contributed by atoms with E-state index in [1.54, 1.807) is 13.8 Å². The van der Waals surface area contributed by atoms with Crippen LogP contribution in [0.25, 0.3) is 0 Å². The first kappa shape index (κ1) is 18.9. The Labute approximate surface area is 135 Å². The first-order chi connectivity index (χ1) is 10.6. The summed E-state index contributed by atoms with van der Waals surface area (Å²) in [5.41, 5.74) is 0.406. The van der Waals surface area contributed by atoms with Gasteiger partial charge in [0.05, 0.1) is 11.3 Å². The average Bonchev–Trinajstić information content (AvgIpc) is 2.46. The highest BCUT2D eigenvalue weighted by atomic mass is 32.2. The van der Waals surface area contributed by atoms with Gasteiger partial charge in [-0.15, -0.1) is 0 Å². The van der Waals surface area contributed by atoms with Crippen molar-refractivity contribution < 1.29 is 23.1 Å². The number of carboxylic acids is 1. The first-order valence-corrected chi connectivity index (χ1v) is 8.43. The van der Waals surface area contributed by atoms with Gasteiger partial charge in [0.2, 0.25) is 10.0 Å². The number of carboxylic acid groups (broad SMARTS) is 1. The number of anilines is 1. The number of carbonyl (C=O) groups is 2. The second-order valence-corrected chi connectivity index (χ2v) is 7.16. The molecule has 0 atom stereocenters. The normalized spacial score (nSPS) is 11.5. The molecule has 1 rings (SSSR count). The van der Waals surface area contributed by atoms with Gasteiger partial charge in [0.1, 0.15) is 0 Å². The van der Waals surface area contributed by atoms with Crippen LogP contribution in [0.3, 0.4) is 0 Å². The SMILES string of the molecule is CC(C)N(C)S(=O)(=O)c1ccc(NC(=O)NCCC(=O)O)cc1. The highest BCUT2D eigenvalue weighted by Gasteiger charge is 2.22. The van der Waals surface area contributed by atoms with Gasteiger partial charge < -0.3 is 15.7 Å². The summed E-state index contributed by atoms with van der Waals surface area (Å²) in [5, 5.41) is 13.4. The second-order valence-electron chi connectivity index (χ2n) is 5.16. The number of nitrogens with one attached hydrogen (secondary N) is 2. The van der Waals surface area contributed by atoms with Crippen molar-refractivity contribution in [1.29, 1.82) is 0 Å². The fraction of sp³-hybridized carbons (Fsp3) is 0.429. The molecule has 0 fully saturated rings. The molecular weight excluding hydrogens is 322 g/mol. The molecule has 0 aromatic heterocycles. The minimum Gasteiger partial charge on any atom is -0.481 e. The van der Waals surface area contributed by atoms with Crippen LogP contribution in [0, 0.1) is 0 Å². The van der Waals surface area contributed by atoms with Crippen molar-refractivity contribution in [3.8, 4) is 0 Å². The van der Waals surface area contributed by atoms with Crippen LogP contribution in [0.5, 0.6) is 0 Å². The van der Waals surface area contributed by atoms with Crippen molar-refractivity contribution in [2.75, 3.05) is 18.9 Å². The van der Waals surface area contributed by atoms with Gasteiger partial charge >= 0.3 is 12.0 Å². The molecule has 0 aliphatic rings. The highest BCUT2D eigenvalue weighted by molar-refractivity contribution is 7.89. The molecular formula is C14H21N3O5S. The summed E-state index contributed by atoms with van der Waals surface area (Å²) in [4.78, 5) is 22.0. The number of rotatable bonds is 7. The van der Waals surface area contributed by atoms with E-state index in [-0.39, 0.29) is 23.9 Å². The van der Waals surface area contributed by atoms with Gasteiger partial charge in [0.25, 0.3) is 0 Å². The molecule has 0 saturated carbocycles. The van der Waals surface area contributed by atoms with Gasteiger partial charge in [-0.1, -0.05) is 0 Å². The van der Waals surface area contributed by atoms with E-state index >= 15 is 0 Å². The van der Waals surface area contributed by atoms with Crippen LogP contribution in [0.2, 0.25) is 0 Å². The van der Waals surface area contributed by atoms with E-state index in [2.05, 4.69) is 10.6 Å². The van der Waals surface area contributed by atoms with Crippen LogP contribution >= 0.6 is 0 Å². The molecule has 2 amide bonds. The van der Waals surface area contributed by atoms with Gasteiger partial charge in [-0.05, 0) is 38.1 Å². The molecule has 3 N–H and O–H groups in total. The summed E-state index contributed by atoms with van der Waals surface area (Å²) in [6, 6.07) is 5.02. The van der Waals surface area contributed by atoms with E-state index in [4.69, 9.17) is 5.11 Å². The van der Waals surface area contributed by atoms with E-state index in [0.29, 0.717) is 5.69 Å². The van der Waals surface area contributed by atoms with Crippen LogP contribution in [-0.2, 0) is 14.8 Å². The Balaban J connectivity index is 2.70. The van der Waals surface area contributed by atoms with Gasteiger partial charge in [0.15, 0.2) is 0 Å². The maximum absolute atomic E-state index is 12.3. The molecule has 8 nitrogen and oxygen atoms in total. The van der Waals surface area contributed by atoms with Gasteiger partial charge in [-0.3, -0.25) is 4.79 Å². The van der Waals surface area contributed by atoms with E-state index in [9.17, 15) is 18.0 Å². The number of nitrogens with zero attached hydrogens (tertiary/aromatic N) is 1. The fourth-order valence-corrected chi connectivity index (χ4v) is 2.98. The van der Waals surface area contributed by atoms with E-state index in [1.807, 2.05) is 0 Å². The third-order valence-corrected chi connectivity index (χ3v) is 5.19. The van der Waals surface area contributed by atoms with Crippen molar-refractivity contribution in [1.82, 2.24) is 9.62 Å². The molecule has 0 unspecified atom stereocenters. The maximum Gasteiger partial charge on any atom is 0.319 e. The third kappa shape index (κ3) is 5.53. The Bertz CT molecular complexity index is 655. The standard InChI is InChI=1S/C14H21N3O5S/c1-10(2)17(3)23(21,22)12-6-4-11(5-7-12)16-14(20)15-9-8-13(18)19/h4-7,10H,8-9H2,1-3H3,(H,18,19)(H2,15,16,20). The molecule has 0 radical (unpaired) electrons. The Hall–Kier alpha value is -2.13. The van der Waals surface area contributed by atoms with E-state index < -0.39 is 22.0 Å². The number of amides is 2. The molecule has 0 aliphatic heterocycles. The minimum atomic E-state index is -3.57. The lowest BCUT2D eigenvalue weighted by atomic mass is 10.3. The third-order valence-electron chi connectivity index (χ3n) is 3.14. The summed E-state index contributed by atoms with van der Waals surface area (Å²) in [6.07, 6.45) is -0.174. The summed E-state index contributed by atoms with van der Waals surface area (Å²) in [5.74, 6) is -1.01. The lowest BCUT2D eigenvalue weighted by Crippen LogP contribution is -2.33. The minimum absolute atomic E-state index is 0.00676. The Kier molecular flexibility index (Phi) is 6.52. The zero-order chi connectivity index (χ0) is 17.6. The number of hydrogen-bond acceptors (Lipinski definition) is 4. The summed E-state index contributed by atoms with van der Waals surface area (Å²) < 4.78 is 25.8.